The van der Waals surface area contributed by atoms with Crippen LogP contribution in [0.15, 0.2) is 30.5 Å². The van der Waals surface area contributed by atoms with Crippen LogP contribution < -0.4 is 26.6 Å². The number of nitrogens with one attached hydrogen (secondary N) is 3. The van der Waals surface area contributed by atoms with E-state index < -0.39 is 0 Å². The van der Waals surface area contributed by atoms with Crippen molar-refractivity contribution < 1.29 is 4.79 Å². The average molecular weight is 410 g/mol. The molecule has 5 N–H and O–H groups in total. The number of rotatable bonds is 6. The smallest absolute Gasteiger partial charge is 0.256 e. The van der Waals surface area contributed by atoms with Crippen molar-refractivity contribution >= 4 is 17.5 Å². The second kappa shape index (κ2) is 9.86. The molecule has 0 radical (unpaired) electrons. The number of pyridine rings is 2. The van der Waals surface area contributed by atoms with Crippen LogP contribution in [-0.2, 0) is 0 Å². The summed E-state index contributed by atoms with van der Waals surface area (Å²) in [6.45, 7) is 3.46. The van der Waals surface area contributed by atoms with E-state index in [2.05, 4.69) is 31.9 Å². The highest BCUT2D eigenvalue weighted by atomic mass is 16.1. The maximum Gasteiger partial charge on any atom is 0.256 e. The summed E-state index contributed by atoms with van der Waals surface area (Å²) in [4.78, 5) is 24.1. The fourth-order valence-electron chi connectivity index (χ4n) is 4.22. The Labute approximate surface area is 177 Å². The molecule has 1 aliphatic heterocycles. The molecular weight excluding hydrogens is 378 g/mol. The average Bonchev–Trinajstić information content (AvgIpc) is 2.80. The highest BCUT2D eigenvalue weighted by Crippen LogP contribution is 2.27. The van der Waals surface area contributed by atoms with Gasteiger partial charge in [-0.3, -0.25) is 4.79 Å². The third-order valence-corrected chi connectivity index (χ3v) is 5.81. The molecule has 2 aromatic heterocycles. The molecule has 0 bridgehead atoms. The zero-order chi connectivity index (χ0) is 20.8. The van der Waals surface area contributed by atoms with Gasteiger partial charge in [0.1, 0.15) is 11.6 Å². The Kier molecular flexibility index (Phi) is 6.76. The van der Waals surface area contributed by atoms with Crippen molar-refractivity contribution in [1.82, 2.24) is 20.6 Å². The van der Waals surface area contributed by atoms with E-state index in [0.29, 0.717) is 17.4 Å². The Morgan fingerprint density at radius 3 is 2.73 bits per heavy atom. The van der Waals surface area contributed by atoms with Gasteiger partial charge in [0.2, 0.25) is 0 Å². The van der Waals surface area contributed by atoms with Crippen molar-refractivity contribution in [3.05, 3.63) is 36.0 Å². The van der Waals surface area contributed by atoms with E-state index in [0.717, 1.165) is 43.3 Å². The lowest BCUT2D eigenvalue weighted by Crippen LogP contribution is -2.45. The van der Waals surface area contributed by atoms with Crippen LogP contribution >= 0.6 is 0 Å². The molecule has 8 heteroatoms. The largest absolute Gasteiger partial charge is 0.367 e. The minimum Gasteiger partial charge on any atom is -0.367 e. The Bertz CT molecular complexity index is 860. The van der Waals surface area contributed by atoms with Crippen molar-refractivity contribution in [2.45, 2.75) is 38.1 Å². The van der Waals surface area contributed by atoms with E-state index in [9.17, 15) is 4.79 Å². The summed E-state index contributed by atoms with van der Waals surface area (Å²) in [5.41, 5.74) is 7.90. The van der Waals surface area contributed by atoms with Crippen LogP contribution in [0.2, 0.25) is 0 Å². The number of nitrogens with two attached hydrogens (primary N) is 1. The molecule has 8 nitrogen and oxygen atoms in total. The highest BCUT2D eigenvalue weighted by molar-refractivity contribution is 5.99. The number of hydrogen-bond acceptors (Lipinski definition) is 7. The van der Waals surface area contributed by atoms with Gasteiger partial charge in [0.15, 0.2) is 0 Å². The Hall–Kier alpha value is -2.71. The topological polar surface area (TPSA) is 108 Å². The van der Waals surface area contributed by atoms with E-state index in [-0.39, 0.29) is 12.6 Å². The van der Waals surface area contributed by atoms with Crippen LogP contribution in [0.1, 0.15) is 42.5 Å². The number of anilines is 2. The maximum absolute atomic E-state index is 12.5. The first-order valence-corrected chi connectivity index (χ1v) is 10.9. The minimum absolute atomic E-state index is 0.0993. The molecule has 0 aromatic carbocycles. The molecule has 2 aliphatic rings. The number of aromatic nitrogens is 2. The molecule has 2 fully saturated rings. The Balaban J connectivity index is 1.62. The molecule has 1 amide bonds. The number of amides is 1. The number of hydrogen-bond donors (Lipinski definition) is 4. The summed E-state index contributed by atoms with van der Waals surface area (Å²) >= 11 is 0. The first kappa shape index (κ1) is 20.6. The van der Waals surface area contributed by atoms with Gasteiger partial charge in [-0.05, 0) is 37.1 Å². The van der Waals surface area contributed by atoms with E-state index in [1.165, 1.54) is 32.1 Å². The van der Waals surface area contributed by atoms with Gasteiger partial charge in [-0.2, -0.15) is 0 Å². The van der Waals surface area contributed by atoms with Crippen LogP contribution in [0, 0.1) is 0 Å². The van der Waals surface area contributed by atoms with Crippen molar-refractivity contribution in [2.24, 2.45) is 5.73 Å². The fraction of sp³-hybridized carbons (Fsp3) is 0.500. The molecule has 160 valence electrons. The third-order valence-electron chi connectivity index (χ3n) is 5.81. The third kappa shape index (κ3) is 4.88. The predicted molar refractivity (Wildman–Crippen MR) is 120 cm³/mol. The molecule has 2 aromatic rings. The van der Waals surface area contributed by atoms with Gasteiger partial charge in [-0.15, -0.1) is 0 Å². The zero-order valence-electron chi connectivity index (χ0n) is 17.4. The lowest BCUT2D eigenvalue weighted by molar-refractivity contribution is 0.0955. The first-order valence-electron chi connectivity index (χ1n) is 10.9. The summed E-state index contributed by atoms with van der Waals surface area (Å²) in [5, 5.41) is 9.62. The van der Waals surface area contributed by atoms with Crippen LogP contribution in [0.4, 0.5) is 11.6 Å². The summed E-state index contributed by atoms with van der Waals surface area (Å²) in [5.74, 6) is 1.40. The molecule has 30 heavy (non-hydrogen) atoms. The first-order chi connectivity index (χ1) is 14.7. The lowest BCUT2D eigenvalue weighted by atomic mass is 9.95. The standard InChI is InChI=1S/C22H31N7O/c23-15-26-22(30)18-6-7-19(28-21(18)29-12-10-24-11-13-29)16-8-9-25-20(14-16)27-17-4-2-1-3-5-17/h6-9,14,17,24H,1-5,10-13,15,23H2,(H,25,27)(H,26,30). The van der Waals surface area contributed by atoms with Crippen LogP contribution in [0.3, 0.4) is 0 Å². The lowest BCUT2D eigenvalue weighted by Gasteiger charge is -2.30. The maximum atomic E-state index is 12.5. The van der Waals surface area contributed by atoms with Gasteiger partial charge in [0.05, 0.1) is 17.9 Å². The molecule has 4 rings (SSSR count). The molecule has 0 spiro atoms. The molecule has 3 heterocycles. The Morgan fingerprint density at radius 2 is 1.97 bits per heavy atom. The second-order valence-corrected chi connectivity index (χ2v) is 7.92. The Morgan fingerprint density at radius 1 is 1.17 bits per heavy atom. The molecule has 1 saturated carbocycles. The van der Waals surface area contributed by atoms with Gasteiger partial charge in [0.25, 0.3) is 5.91 Å². The number of nitrogens with zero attached hydrogens (tertiary/aromatic N) is 3. The molecule has 1 saturated heterocycles. The molecular formula is C22H31N7O. The normalized spacial score (nSPS) is 17.6. The van der Waals surface area contributed by atoms with Crippen molar-refractivity contribution in [3.63, 3.8) is 0 Å². The van der Waals surface area contributed by atoms with Gasteiger partial charge < -0.3 is 26.6 Å². The van der Waals surface area contributed by atoms with E-state index in [1.807, 2.05) is 24.4 Å². The van der Waals surface area contributed by atoms with Gasteiger partial charge in [-0.1, -0.05) is 19.3 Å². The predicted octanol–water partition coefficient (Wildman–Crippen LogP) is 1.94. The van der Waals surface area contributed by atoms with Crippen LogP contribution in [0.5, 0.6) is 0 Å². The molecule has 0 unspecified atom stereocenters. The molecule has 0 atom stereocenters. The summed E-state index contributed by atoms with van der Waals surface area (Å²) in [7, 11) is 0. The number of carbonyl (C=O) groups excluding carboxylic acids is 1. The van der Waals surface area contributed by atoms with Crippen molar-refractivity contribution in [1.29, 1.82) is 0 Å². The highest BCUT2D eigenvalue weighted by Gasteiger charge is 2.21. The monoisotopic (exact) mass is 409 g/mol. The quantitative estimate of drug-likeness (QED) is 0.540. The molecule has 1 aliphatic carbocycles. The van der Waals surface area contributed by atoms with E-state index >= 15 is 0 Å². The van der Waals surface area contributed by atoms with E-state index in [1.54, 1.807) is 0 Å². The van der Waals surface area contributed by atoms with Crippen molar-refractivity contribution in [3.8, 4) is 11.3 Å². The SMILES string of the molecule is NCNC(=O)c1ccc(-c2ccnc(NC3CCCCC3)c2)nc1N1CCNCC1. The van der Waals surface area contributed by atoms with Gasteiger partial charge >= 0.3 is 0 Å². The van der Waals surface area contributed by atoms with Gasteiger partial charge in [0, 0.05) is 44.0 Å². The van der Waals surface area contributed by atoms with Crippen LogP contribution in [-0.4, -0.2) is 54.8 Å². The summed E-state index contributed by atoms with van der Waals surface area (Å²) < 4.78 is 0. The fourth-order valence-corrected chi connectivity index (χ4v) is 4.22. The summed E-state index contributed by atoms with van der Waals surface area (Å²) in [6, 6.07) is 8.26. The van der Waals surface area contributed by atoms with Crippen molar-refractivity contribution in [2.75, 3.05) is 43.1 Å². The number of carbonyl (C=O) groups is 1. The number of piperazine rings is 1. The zero-order valence-corrected chi connectivity index (χ0v) is 17.4. The van der Waals surface area contributed by atoms with Gasteiger partial charge in [-0.25, -0.2) is 9.97 Å². The summed E-state index contributed by atoms with van der Waals surface area (Å²) in [6.07, 6.45) is 8.10. The van der Waals surface area contributed by atoms with Crippen LogP contribution in [0.25, 0.3) is 11.3 Å². The second-order valence-electron chi connectivity index (χ2n) is 7.92. The minimum atomic E-state index is -0.195. The van der Waals surface area contributed by atoms with E-state index in [4.69, 9.17) is 10.7 Å².